The Kier molecular flexibility index (Phi) is 2.12. The molecule has 0 aromatic heterocycles. The van der Waals surface area contributed by atoms with Crippen LogP contribution >= 0.6 is 0 Å². The molecule has 0 aromatic carbocycles. The van der Waals surface area contributed by atoms with Gasteiger partial charge in [-0.25, -0.2) is 4.79 Å². The van der Waals surface area contributed by atoms with E-state index in [1.54, 1.807) is 0 Å². The van der Waals surface area contributed by atoms with Crippen LogP contribution in [0.5, 0.6) is 0 Å². The van der Waals surface area contributed by atoms with Gasteiger partial charge in [0.15, 0.2) is 0 Å². The van der Waals surface area contributed by atoms with Gasteiger partial charge in [0.25, 0.3) is 0 Å². The number of rotatable bonds is 1. The highest BCUT2D eigenvalue weighted by Crippen LogP contribution is 2.32. The molecular weight excluding hydrogens is 190 g/mol. The first-order valence-electron chi connectivity index (χ1n) is 6.03. The van der Waals surface area contributed by atoms with Crippen molar-refractivity contribution in [3.8, 4) is 0 Å². The highest BCUT2D eigenvalue weighted by Gasteiger charge is 2.44. The summed E-state index contributed by atoms with van der Waals surface area (Å²) in [6.45, 7) is 5.29. The van der Waals surface area contributed by atoms with Crippen molar-refractivity contribution in [3.63, 3.8) is 0 Å². The maximum absolute atomic E-state index is 11.9. The van der Waals surface area contributed by atoms with Gasteiger partial charge in [0.05, 0.1) is 0 Å². The molecule has 2 amide bonds. The second-order valence-corrected chi connectivity index (χ2v) is 5.20. The number of likely N-dealkylation sites (tertiary alicyclic amines) is 1. The molecule has 15 heavy (non-hydrogen) atoms. The second kappa shape index (κ2) is 3.37. The van der Waals surface area contributed by atoms with E-state index >= 15 is 0 Å². The minimum absolute atomic E-state index is 0.166. The highest BCUT2D eigenvalue weighted by molar-refractivity contribution is 5.75. The van der Waals surface area contributed by atoms with Gasteiger partial charge in [-0.15, -0.1) is 0 Å². The summed E-state index contributed by atoms with van der Waals surface area (Å²) in [6, 6.07) is 1.05. The van der Waals surface area contributed by atoms with Gasteiger partial charge < -0.3 is 15.5 Å². The quantitative estimate of drug-likeness (QED) is 0.656. The molecule has 3 atom stereocenters. The molecule has 3 rings (SSSR count). The minimum Gasteiger partial charge on any atom is -0.335 e. The van der Waals surface area contributed by atoms with Crippen molar-refractivity contribution >= 4 is 6.03 Å². The standard InChI is InChI=1S/C11H19N3O/c1-7-10-5-12-4-8(10)6-14(7)11(15)13-9-2-3-9/h7-10,12H,2-6H2,1H3,(H,13,15). The zero-order valence-electron chi connectivity index (χ0n) is 9.20. The molecule has 4 nitrogen and oxygen atoms in total. The van der Waals surface area contributed by atoms with Gasteiger partial charge >= 0.3 is 6.03 Å². The van der Waals surface area contributed by atoms with Gasteiger partial charge in [0, 0.05) is 31.7 Å². The van der Waals surface area contributed by atoms with Gasteiger partial charge in [-0.1, -0.05) is 0 Å². The SMILES string of the molecule is CC1C2CNCC2CN1C(=O)NC1CC1. The fourth-order valence-corrected chi connectivity index (χ4v) is 2.92. The number of fused-ring (bicyclic) bond motifs is 1. The lowest BCUT2D eigenvalue weighted by Gasteiger charge is -2.24. The molecule has 3 aliphatic rings. The van der Waals surface area contributed by atoms with E-state index in [0.717, 1.165) is 19.6 Å². The Morgan fingerprint density at radius 2 is 2.20 bits per heavy atom. The smallest absolute Gasteiger partial charge is 0.317 e. The van der Waals surface area contributed by atoms with E-state index in [9.17, 15) is 4.79 Å². The number of carbonyl (C=O) groups is 1. The van der Waals surface area contributed by atoms with Crippen LogP contribution in [0, 0.1) is 11.8 Å². The van der Waals surface area contributed by atoms with E-state index in [1.807, 2.05) is 4.90 Å². The van der Waals surface area contributed by atoms with Crippen molar-refractivity contribution in [2.45, 2.75) is 31.8 Å². The fraction of sp³-hybridized carbons (Fsp3) is 0.909. The highest BCUT2D eigenvalue weighted by atomic mass is 16.2. The van der Waals surface area contributed by atoms with Crippen molar-refractivity contribution in [2.75, 3.05) is 19.6 Å². The first-order chi connectivity index (χ1) is 7.25. The van der Waals surface area contributed by atoms with Crippen LogP contribution in [0.2, 0.25) is 0 Å². The summed E-state index contributed by atoms with van der Waals surface area (Å²) in [6.07, 6.45) is 2.34. The van der Waals surface area contributed by atoms with Crippen LogP contribution in [0.15, 0.2) is 0 Å². The van der Waals surface area contributed by atoms with Crippen LogP contribution in [0.4, 0.5) is 4.79 Å². The lowest BCUT2D eigenvalue weighted by Crippen LogP contribution is -2.44. The molecule has 2 aliphatic heterocycles. The number of nitrogens with zero attached hydrogens (tertiary/aromatic N) is 1. The maximum Gasteiger partial charge on any atom is 0.317 e. The van der Waals surface area contributed by atoms with Crippen molar-refractivity contribution in [1.82, 2.24) is 15.5 Å². The van der Waals surface area contributed by atoms with E-state index in [1.165, 1.54) is 12.8 Å². The van der Waals surface area contributed by atoms with Crippen LogP contribution in [0.1, 0.15) is 19.8 Å². The number of carbonyl (C=O) groups excluding carboxylic acids is 1. The van der Waals surface area contributed by atoms with E-state index < -0.39 is 0 Å². The average molecular weight is 209 g/mol. The van der Waals surface area contributed by atoms with Gasteiger partial charge in [-0.2, -0.15) is 0 Å². The van der Waals surface area contributed by atoms with Gasteiger partial charge in [-0.3, -0.25) is 0 Å². The summed E-state index contributed by atoms with van der Waals surface area (Å²) in [5, 5.41) is 6.49. The van der Waals surface area contributed by atoms with Crippen LogP contribution < -0.4 is 10.6 Å². The minimum atomic E-state index is 0.166. The first-order valence-corrected chi connectivity index (χ1v) is 6.03. The Bertz CT molecular complexity index is 277. The molecule has 1 aliphatic carbocycles. The lowest BCUT2D eigenvalue weighted by molar-refractivity contribution is 0.189. The van der Waals surface area contributed by atoms with Crippen molar-refractivity contribution in [1.29, 1.82) is 0 Å². The van der Waals surface area contributed by atoms with Gasteiger partial charge in [0.1, 0.15) is 0 Å². The molecule has 2 saturated heterocycles. The predicted molar refractivity (Wildman–Crippen MR) is 57.6 cm³/mol. The lowest BCUT2D eigenvalue weighted by atomic mass is 9.95. The van der Waals surface area contributed by atoms with Crippen LogP contribution in [-0.4, -0.2) is 42.6 Å². The zero-order chi connectivity index (χ0) is 10.4. The van der Waals surface area contributed by atoms with E-state index in [2.05, 4.69) is 17.6 Å². The average Bonchev–Trinajstić information content (AvgIpc) is 2.80. The third kappa shape index (κ3) is 1.61. The van der Waals surface area contributed by atoms with Gasteiger partial charge in [0.2, 0.25) is 0 Å². The summed E-state index contributed by atoms with van der Waals surface area (Å²) >= 11 is 0. The van der Waals surface area contributed by atoms with E-state index in [0.29, 0.717) is 23.9 Å². The molecule has 4 heteroatoms. The molecule has 3 fully saturated rings. The largest absolute Gasteiger partial charge is 0.335 e. The Balaban J connectivity index is 1.64. The van der Waals surface area contributed by atoms with Crippen LogP contribution in [0.3, 0.4) is 0 Å². The number of nitrogens with one attached hydrogen (secondary N) is 2. The number of hydrogen-bond acceptors (Lipinski definition) is 2. The third-order valence-corrected chi connectivity index (χ3v) is 4.10. The Hall–Kier alpha value is -0.770. The van der Waals surface area contributed by atoms with Crippen molar-refractivity contribution in [3.05, 3.63) is 0 Å². The molecule has 0 aromatic rings. The molecule has 0 spiro atoms. The molecule has 2 heterocycles. The molecule has 0 bridgehead atoms. The maximum atomic E-state index is 11.9. The van der Waals surface area contributed by atoms with Crippen LogP contribution in [0.25, 0.3) is 0 Å². The molecular formula is C11H19N3O. The van der Waals surface area contributed by atoms with Crippen molar-refractivity contribution < 1.29 is 4.79 Å². The van der Waals surface area contributed by atoms with Crippen LogP contribution in [-0.2, 0) is 0 Å². The second-order valence-electron chi connectivity index (χ2n) is 5.20. The summed E-state index contributed by atoms with van der Waals surface area (Å²) in [7, 11) is 0. The molecule has 84 valence electrons. The third-order valence-electron chi connectivity index (χ3n) is 4.10. The molecule has 3 unspecified atom stereocenters. The Labute approximate surface area is 90.4 Å². The van der Waals surface area contributed by atoms with E-state index in [4.69, 9.17) is 0 Å². The van der Waals surface area contributed by atoms with Crippen molar-refractivity contribution in [2.24, 2.45) is 11.8 Å². The number of hydrogen-bond donors (Lipinski definition) is 2. The monoisotopic (exact) mass is 209 g/mol. The normalized spacial score (nSPS) is 39.3. The topological polar surface area (TPSA) is 44.4 Å². The summed E-state index contributed by atoms with van der Waals surface area (Å²) in [5.41, 5.74) is 0. The molecule has 1 saturated carbocycles. The fourth-order valence-electron chi connectivity index (χ4n) is 2.92. The summed E-state index contributed by atoms with van der Waals surface area (Å²) < 4.78 is 0. The predicted octanol–water partition coefficient (Wildman–Crippen LogP) is 0.398. The zero-order valence-corrected chi connectivity index (χ0v) is 9.20. The van der Waals surface area contributed by atoms with E-state index in [-0.39, 0.29) is 6.03 Å². The summed E-state index contributed by atoms with van der Waals surface area (Å²) in [5.74, 6) is 1.36. The summed E-state index contributed by atoms with van der Waals surface area (Å²) in [4.78, 5) is 14.0. The first kappa shape index (κ1) is 9.46. The number of amides is 2. The molecule has 0 radical (unpaired) electrons. The number of urea groups is 1. The Morgan fingerprint density at radius 3 is 2.87 bits per heavy atom. The molecule has 2 N–H and O–H groups in total. The van der Waals surface area contributed by atoms with Gasteiger partial charge in [-0.05, 0) is 31.6 Å². The Morgan fingerprint density at radius 1 is 1.40 bits per heavy atom.